The van der Waals surface area contributed by atoms with Gasteiger partial charge in [0.1, 0.15) is 0 Å². The maximum absolute atomic E-state index is 11.2. The van der Waals surface area contributed by atoms with Gasteiger partial charge in [-0.25, -0.2) is 0 Å². The lowest BCUT2D eigenvalue weighted by Crippen LogP contribution is -2.09. The van der Waals surface area contributed by atoms with Crippen LogP contribution in [0.4, 0.5) is 16.4 Å². The number of aliphatic hydroxyl groups is 1. The molecule has 1 heterocycles. The molecule has 1 atom stereocenters. The molecule has 0 aliphatic carbocycles. The predicted octanol–water partition coefficient (Wildman–Crippen LogP) is 4.09. The molecular formula is C15H18N2O3S. The summed E-state index contributed by atoms with van der Waals surface area (Å²) in [6, 6.07) is 7.47. The molecule has 0 radical (unpaired) electrons. The summed E-state index contributed by atoms with van der Waals surface area (Å²) in [6.07, 6.45) is -0.713. The summed E-state index contributed by atoms with van der Waals surface area (Å²) in [7, 11) is 1.80. The number of nitrogens with zero attached hydrogens (tertiary/aromatic N) is 2. The first-order valence-electron chi connectivity index (χ1n) is 6.58. The van der Waals surface area contributed by atoms with Crippen molar-refractivity contribution in [3.8, 4) is 0 Å². The minimum Gasteiger partial charge on any atom is -0.388 e. The molecule has 6 heteroatoms. The normalized spacial score (nSPS) is 12.2. The van der Waals surface area contributed by atoms with E-state index in [0.717, 1.165) is 16.8 Å². The number of aliphatic hydroxyl groups excluding tert-OH is 1. The van der Waals surface area contributed by atoms with Gasteiger partial charge in [0.25, 0.3) is 0 Å². The number of hydrogen-bond donors (Lipinski definition) is 1. The third kappa shape index (κ3) is 3.22. The summed E-state index contributed by atoms with van der Waals surface area (Å²) in [5, 5.41) is 21.4. The number of thiophene rings is 1. The van der Waals surface area contributed by atoms with E-state index in [1.807, 2.05) is 26.0 Å². The van der Waals surface area contributed by atoms with E-state index >= 15 is 0 Å². The summed E-state index contributed by atoms with van der Waals surface area (Å²) in [5.74, 6) is 0. The van der Waals surface area contributed by atoms with Crippen molar-refractivity contribution in [2.24, 2.45) is 0 Å². The maximum Gasteiger partial charge on any atom is 0.304 e. The summed E-state index contributed by atoms with van der Waals surface area (Å²) in [5.41, 5.74) is 3.13. The van der Waals surface area contributed by atoms with Gasteiger partial charge in [0.2, 0.25) is 0 Å². The van der Waals surface area contributed by atoms with Gasteiger partial charge in [0, 0.05) is 23.7 Å². The van der Waals surface area contributed by atoms with Crippen LogP contribution in [0.5, 0.6) is 0 Å². The van der Waals surface area contributed by atoms with E-state index in [-0.39, 0.29) is 5.69 Å². The first kappa shape index (κ1) is 15.5. The number of nitro groups is 1. The lowest BCUT2D eigenvalue weighted by molar-refractivity contribution is -0.383. The quantitative estimate of drug-likeness (QED) is 0.682. The van der Waals surface area contributed by atoms with Gasteiger partial charge in [-0.3, -0.25) is 10.1 Å². The molecule has 1 N–H and O–H groups in total. The number of rotatable bonds is 4. The van der Waals surface area contributed by atoms with Crippen molar-refractivity contribution in [3.05, 3.63) is 50.4 Å². The SMILES string of the molecule is Cc1cc(C)cc(N(C)c2sc([C@@H](C)O)cc2[N+](=O)[O-])c1. The van der Waals surface area contributed by atoms with Crippen LogP contribution in [-0.2, 0) is 0 Å². The van der Waals surface area contributed by atoms with Gasteiger partial charge in [0.15, 0.2) is 5.00 Å². The van der Waals surface area contributed by atoms with Crippen LogP contribution in [0.25, 0.3) is 0 Å². The van der Waals surface area contributed by atoms with Crippen molar-refractivity contribution < 1.29 is 10.0 Å². The van der Waals surface area contributed by atoms with Gasteiger partial charge >= 0.3 is 5.69 Å². The smallest absolute Gasteiger partial charge is 0.304 e. The van der Waals surface area contributed by atoms with E-state index in [2.05, 4.69) is 6.07 Å². The van der Waals surface area contributed by atoms with Crippen molar-refractivity contribution in [1.82, 2.24) is 0 Å². The second-order valence-electron chi connectivity index (χ2n) is 5.18. The van der Waals surface area contributed by atoms with E-state index in [0.29, 0.717) is 9.88 Å². The van der Waals surface area contributed by atoms with Crippen molar-refractivity contribution in [2.45, 2.75) is 26.9 Å². The molecule has 5 nitrogen and oxygen atoms in total. The minimum atomic E-state index is -0.713. The van der Waals surface area contributed by atoms with Crippen LogP contribution in [0.15, 0.2) is 24.3 Å². The van der Waals surface area contributed by atoms with Gasteiger partial charge in [-0.2, -0.15) is 0 Å². The molecule has 0 bridgehead atoms. The fourth-order valence-corrected chi connectivity index (χ4v) is 3.27. The standard InChI is InChI=1S/C15H18N2O3S/c1-9-5-10(2)7-12(6-9)16(4)15-13(17(19)20)8-14(21-15)11(3)18/h5-8,11,18H,1-4H3/t11-/m1/s1. The van der Waals surface area contributed by atoms with E-state index in [1.165, 1.54) is 17.4 Å². The zero-order valence-electron chi connectivity index (χ0n) is 12.5. The van der Waals surface area contributed by atoms with Crippen LogP contribution in [-0.4, -0.2) is 17.1 Å². The summed E-state index contributed by atoms with van der Waals surface area (Å²) >= 11 is 1.24. The summed E-state index contributed by atoms with van der Waals surface area (Å²) in [4.78, 5) is 13.2. The van der Waals surface area contributed by atoms with Crippen molar-refractivity contribution in [1.29, 1.82) is 0 Å². The average molecular weight is 306 g/mol. The van der Waals surface area contributed by atoms with Gasteiger partial charge < -0.3 is 10.0 Å². The van der Waals surface area contributed by atoms with Crippen LogP contribution in [0, 0.1) is 24.0 Å². The molecule has 2 rings (SSSR count). The first-order chi connectivity index (χ1) is 9.79. The number of anilines is 2. The Hall–Kier alpha value is -1.92. The monoisotopic (exact) mass is 306 g/mol. The highest BCUT2D eigenvalue weighted by atomic mass is 32.1. The molecule has 0 amide bonds. The largest absolute Gasteiger partial charge is 0.388 e. The molecule has 0 fully saturated rings. The van der Waals surface area contributed by atoms with E-state index in [1.54, 1.807) is 18.9 Å². The molecule has 0 saturated carbocycles. The molecule has 1 aromatic carbocycles. The molecule has 0 spiro atoms. The second kappa shape index (κ2) is 5.83. The Kier molecular flexibility index (Phi) is 4.29. The van der Waals surface area contributed by atoms with Crippen LogP contribution in [0.2, 0.25) is 0 Å². The van der Waals surface area contributed by atoms with Gasteiger partial charge in [-0.05, 0) is 44.0 Å². The van der Waals surface area contributed by atoms with Crippen molar-refractivity contribution in [2.75, 3.05) is 11.9 Å². The van der Waals surface area contributed by atoms with Crippen molar-refractivity contribution >= 4 is 27.7 Å². The molecule has 0 saturated heterocycles. The number of benzene rings is 1. The highest BCUT2D eigenvalue weighted by Gasteiger charge is 2.24. The lowest BCUT2D eigenvalue weighted by atomic mass is 10.1. The third-order valence-corrected chi connectivity index (χ3v) is 4.59. The van der Waals surface area contributed by atoms with Crippen LogP contribution < -0.4 is 4.90 Å². The molecule has 1 aromatic heterocycles. The topological polar surface area (TPSA) is 66.6 Å². The molecule has 21 heavy (non-hydrogen) atoms. The van der Waals surface area contributed by atoms with Crippen LogP contribution >= 0.6 is 11.3 Å². The highest BCUT2D eigenvalue weighted by Crippen LogP contribution is 2.42. The van der Waals surface area contributed by atoms with E-state index in [4.69, 9.17) is 0 Å². The van der Waals surface area contributed by atoms with E-state index in [9.17, 15) is 15.2 Å². The Labute approximate surface area is 127 Å². The molecule has 0 aliphatic heterocycles. The van der Waals surface area contributed by atoms with E-state index < -0.39 is 11.0 Å². The Morgan fingerprint density at radius 3 is 2.29 bits per heavy atom. The maximum atomic E-state index is 11.2. The molecule has 2 aromatic rings. The molecule has 0 unspecified atom stereocenters. The fraction of sp³-hybridized carbons (Fsp3) is 0.333. The first-order valence-corrected chi connectivity index (χ1v) is 7.39. The molecule has 0 aliphatic rings. The fourth-order valence-electron chi connectivity index (χ4n) is 2.23. The van der Waals surface area contributed by atoms with Crippen LogP contribution in [0.3, 0.4) is 0 Å². The third-order valence-electron chi connectivity index (χ3n) is 3.22. The minimum absolute atomic E-state index is 0.0255. The summed E-state index contributed by atoms with van der Waals surface area (Å²) < 4.78 is 0. The Balaban J connectivity index is 2.51. The summed E-state index contributed by atoms with van der Waals surface area (Å²) in [6.45, 7) is 5.60. The molecule has 112 valence electrons. The highest BCUT2D eigenvalue weighted by molar-refractivity contribution is 7.16. The average Bonchev–Trinajstić information content (AvgIpc) is 2.81. The Morgan fingerprint density at radius 1 is 1.24 bits per heavy atom. The number of aryl methyl sites for hydroxylation is 2. The molecular weight excluding hydrogens is 288 g/mol. The Bertz CT molecular complexity index is 659. The number of hydrogen-bond acceptors (Lipinski definition) is 5. The zero-order valence-corrected chi connectivity index (χ0v) is 13.3. The van der Waals surface area contributed by atoms with Gasteiger partial charge in [-0.1, -0.05) is 6.07 Å². The second-order valence-corrected chi connectivity index (χ2v) is 6.24. The zero-order chi connectivity index (χ0) is 15.7. The van der Waals surface area contributed by atoms with Crippen molar-refractivity contribution in [3.63, 3.8) is 0 Å². The lowest BCUT2D eigenvalue weighted by Gasteiger charge is -2.18. The van der Waals surface area contributed by atoms with Crippen LogP contribution in [0.1, 0.15) is 29.0 Å². The van der Waals surface area contributed by atoms with Gasteiger partial charge in [0.05, 0.1) is 11.0 Å². The van der Waals surface area contributed by atoms with Gasteiger partial charge in [-0.15, -0.1) is 11.3 Å². The predicted molar refractivity (Wildman–Crippen MR) is 85.6 cm³/mol. The Morgan fingerprint density at radius 2 is 1.81 bits per heavy atom.